The van der Waals surface area contributed by atoms with Gasteiger partial charge in [0.05, 0.1) is 5.69 Å². The van der Waals surface area contributed by atoms with Crippen molar-refractivity contribution < 1.29 is 0 Å². The summed E-state index contributed by atoms with van der Waals surface area (Å²) in [6.45, 7) is 2.63. The molecule has 0 fully saturated rings. The van der Waals surface area contributed by atoms with Crippen molar-refractivity contribution in [3.8, 4) is 0 Å². The van der Waals surface area contributed by atoms with Gasteiger partial charge in [-0.2, -0.15) is 11.8 Å². The van der Waals surface area contributed by atoms with E-state index in [9.17, 15) is 4.79 Å². The molecule has 0 spiro atoms. The minimum atomic E-state index is 0.0168. The van der Waals surface area contributed by atoms with Gasteiger partial charge in [0.25, 0.3) is 5.56 Å². The molecule has 2 heterocycles. The van der Waals surface area contributed by atoms with Crippen molar-refractivity contribution in [1.29, 1.82) is 0 Å². The van der Waals surface area contributed by atoms with Gasteiger partial charge in [0, 0.05) is 22.9 Å². The number of thiazole rings is 1. The summed E-state index contributed by atoms with van der Waals surface area (Å²) in [5.74, 6) is 1.80. The van der Waals surface area contributed by atoms with Crippen LogP contribution in [0.5, 0.6) is 0 Å². The molecule has 0 aromatic carbocycles. The van der Waals surface area contributed by atoms with Gasteiger partial charge in [-0.05, 0) is 25.6 Å². The lowest BCUT2D eigenvalue weighted by Crippen LogP contribution is -2.14. The Bertz CT molecular complexity index is 561. The Morgan fingerprint density at radius 3 is 3.18 bits per heavy atom. The molecular formula is C11H15N3OS2. The lowest BCUT2D eigenvalue weighted by atomic mass is 10.4. The molecule has 0 aliphatic heterocycles. The summed E-state index contributed by atoms with van der Waals surface area (Å²) in [6.07, 6.45) is 1.00. The molecule has 0 amide bonds. The van der Waals surface area contributed by atoms with Gasteiger partial charge in [-0.3, -0.25) is 9.20 Å². The van der Waals surface area contributed by atoms with E-state index in [1.54, 1.807) is 22.2 Å². The van der Waals surface area contributed by atoms with Crippen molar-refractivity contribution in [3.63, 3.8) is 0 Å². The highest BCUT2D eigenvalue weighted by molar-refractivity contribution is 7.98. The van der Waals surface area contributed by atoms with E-state index in [-0.39, 0.29) is 5.56 Å². The number of nitrogens with two attached hydrogens (primary N) is 1. The van der Waals surface area contributed by atoms with Gasteiger partial charge in [0.1, 0.15) is 0 Å². The molecule has 4 nitrogen and oxygen atoms in total. The van der Waals surface area contributed by atoms with E-state index in [0.29, 0.717) is 6.54 Å². The Hall–Kier alpha value is -0.850. The van der Waals surface area contributed by atoms with Gasteiger partial charge in [0.15, 0.2) is 4.96 Å². The molecule has 0 saturated heterocycles. The van der Waals surface area contributed by atoms with Crippen molar-refractivity contribution in [3.05, 3.63) is 33.2 Å². The highest BCUT2D eigenvalue weighted by Gasteiger charge is 2.06. The van der Waals surface area contributed by atoms with Crippen LogP contribution in [-0.4, -0.2) is 21.7 Å². The van der Waals surface area contributed by atoms with Crippen molar-refractivity contribution in [2.75, 3.05) is 12.3 Å². The summed E-state index contributed by atoms with van der Waals surface area (Å²) in [4.78, 5) is 17.1. The maximum absolute atomic E-state index is 11.9. The monoisotopic (exact) mass is 269 g/mol. The first kappa shape index (κ1) is 12.6. The molecule has 0 radical (unpaired) electrons. The van der Waals surface area contributed by atoms with Crippen LogP contribution in [0.15, 0.2) is 16.2 Å². The fraction of sp³-hybridized carbons (Fsp3) is 0.455. The molecule has 0 saturated carbocycles. The summed E-state index contributed by atoms with van der Waals surface area (Å²) < 4.78 is 1.65. The Morgan fingerprint density at radius 2 is 2.41 bits per heavy atom. The van der Waals surface area contributed by atoms with Crippen LogP contribution in [0, 0.1) is 6.92 Å². The first-order chi connectivity index (χ1) is 8.22. The molecule has 0 unspecified atom stereocenters. The smallest absolute Gasteiger partial charge is 0.258 e. The molecule has 0 aliphatic rings. The van der Waals surface area contributed by atoms with Crippen molar-refractivity contribution in [2.45, 2.75) is 19.1 Å². The van der Waals surface area contributed by atoms with Crippen LogP contribution in [0.4, 0.5) is 0 Å². The number of aryl methyl sites for hydroxylation is 1. The second kappa shape index (κ2) is 5.66. The highest BCUT2D eigenvalue weighted by Crippen LogP contribution is 2.14. The second-order valence-corrected chi connectivity index (χ2v) is 5.72. The topological polar surface area (TPSA) is 60.4 Å². The zero-order valence-corrected chi connectivity index (χ0v) is 11.3. The number of hydrogen-bond donors (Lipinski definition) is 1. The molecule has 17 heavy (non-hydrogen) atoms. The first-order valence-corrected chi connectivity index (χ1v) is 7.50. The maximum atomic E-state index is 11.9. The number of rotatable bonds is 5. The second-order valence-electron chi connectivity index (χ2n) is 3.78. The van der Waals surface area contributed by atoms with E-state index in [0.717, 1.165) is 34.3 Å². The lowest BCUT2D eigenvalue weighted by molar-refractivity contribution is 0.941. The van der Waals surface area contributed by atoms with Crippen molar-refractivity contribution in [1.82, 2.24) is 9.38 Å². The third kappa shape index (κ3) is 2.88. The van der Waals surface area contributed by atoms with Gasteiger partial charge in [-0.25, -0.2) is 4.98 Å². The van der Waals surface area contributed by atoms with Crippen LogP contribution in [0.25, 0.3) is 4.96 Å². The minimum Gasteiger partial charge on any atom is -0.330 e. The molecule has 0 bridgehead atoms. The van der Waals surface area contributed by atoms with Crippen LogP contribution in [-0.2, 0) is 5.75 Å². The summed E-state index contributed by atoms with van der Waals surface area (Å²) in [7, 11) is 0. The van der Waals surface area contributed by atoms with E-state index in [1.807, 2.05) is 12.3 Å². The van der Waals surface area contributed by atoms with Crippen LogP contribution < -0.4 is 11.3 Å². The van der Waals surface area contributed by atoms with Crippen LogP contribution >= 0.6 is 23.1 Å². The minimum absolute atomic E-state index is 0.0168. The molecule has 2 rings (SSSR count). The zero-order valence-electron chi connectivity index (χ0n) is 9.68. The average Bonchev–Trinajstić information content (AvgIpc) is 2.67. The lowest BCUT2D eigenvalue weighted by Gasteiger charge is -2.01. The van der Waals surface area contributed by atoms with Gasteiger partial charge >= 0.3 is 0 Å². The zero-order chi connectivity index (χ0) is 12.3. The van der Waals surface area contributed by atoms with Crippen molar-refractivity contribution in [2.24, 2.45) is 5.73 Å². The Labute approximate surface area is 108 Å². The van der Waals surface area contributed by atoms with Crippen LogP contribution in [0.3, 0.4) is 0 Å². The predicted octanol–water partition coefficient (Wildman–Crippen LogP) is 1.65. The summed E-state index contributed by atoms with van der Waals surface area (Å²) in [6, 6.07) is 1.63. The number of fused-ring (bicyclic) bond motifs is 1. The average molecular weight is 269 g/mol. The Morgan fingerprint density at radius 1 is 1.59 bits per heavy atom. The Kier molecular flexibility index (Phi) is 4.20. The largest absolute Gasteiger partial charge is 0.330 e. The molecule has 2 aromatic rings. The first-order valence-electron chi connectivity index (χ1n) is 5.47. The summed E-state index contributed by atoms with van der Waals surface area (Å²) in [5, 5.41) is 1.95. The van der Waals surface area contributed by atoms with E-state index in [4.69, 9.17) is 5.73 Å². The number of thioether (sulfide) groups is 1. The van der Waals surface area contributed by atoms with E-state index >= 15 is 0 Å². The summed E-state index contributed by atoms with van der Waals surface area (Å²) >= 11 is 3.28. The quantitative estimate of drug-likeness (QED) is 0.838. The van der Waals surface area contributed by atoms with Crippen LogP contribution in [0.1, 0.15) is 17.8 Å². The number of hydrogen-bond acceptors (Lipinski definition) is 5. The van der Waals surface area contributed by atoms with Gasteiger partial charge < -0.3 is 5.73 Å². The molecule has 2 aromatic heterocycles. The third-order valence-corrected chi connectivity index (χ3v) is 4.39. The van der Waals surface area contributed by atoms with Crippen LogP contribution in [0.2, 0.25) is 0 Å². The number of nitrogens with zero attached hydrogens (tertiary/aromatic N) is 2. The molecule has 92 valence electrons. The Balaban J connectivity index is 2.17. The van der Waals surface area contributed by atoms with Gasteiger partial charge in [-0.1, -0.05) is 0 Å². The molecule has 6 heteroatoms. The fourth-order valence-electron chi connectivity index (χ4n) is 1.54. The molecule has 0 atom stereocenters. The third-order valence-electron chi connectivity index (χ3n) is 2.37. The van der Waals surface area contributed by atoms with Gasteiger partial charge in [0.2, 0.25) is 0 Å². The predicted molar refractivity (Wildman–Crippen MR) is 73.9 cm³/mol. The maximum Gasteiger partial charge on any atom is 0.258 e. The molecule has 0 aliphatic carbocycles. The molecule has 2 N–H and O–H groups in total. The SMILES string of the molecule is Cc1csc2nc(CSCCCN)cc(=O)n12. The van der Waals surface area contributed by atoms with Gasteiger partial charge in [-0.15, -0.1) is 11.3 Å². The van der Waals surface area contributed by atoms with Crippen molar-refractivity contribution >= 4 is 28.1 Å². The number of aromatic nitrogens is 2. The normalized spacial score (nSPS) is 11.2. The van der Waals surface area contributed by atoms with E-state index < -0.39 is 0 Å². The van der Waals surface area contributed by atoms with E-state index in [2.05, 4.69) is 4.98 Å². The van der Waals surface area contributed by atoms with E-state index in [1.165, 1.54) is 11.3 Å². The fourth-order valence-corrected chi connectivity index (χ4v) is 3.30. The highest BCUT2D eigenvalue weighted by atomic mass is 32.2. The standard InChI is InChI=1S/C11H15N3OS2/c1-8-6-17-11-13-9(5-10(15)14(8)11)7-16-4-2-3-12/h5-6H,2-4,7,12H2,1H3. The molecular weight excluding hydrogens is 254 g/mol. The summed E-state index contributed by atoms with van der Waals surface area (Å²) in [5.41, 5.74) is 7.25.